The minimum absolute atomic E-state index is 0.610. The van der Waals surface area contributed by atoms with E-state index in [1.54, 1.807) is 20.4 Å². The summed E-state index contributed by atoms with van der Waals surface area (Å²) in [6, 6.07) is 5.80. The van der Waals surface area contributed by atoms with E-state index in [4.69, 9.17) is 14.5 Å². The molecule has 0 unspecified atom stereocenters. The number of aromatic amines is 1. The highest BCUT2D eigenvalue weighted by Gasteiger charge is 2.14. The van der Waals surface area contributed by atoms with Gasteiger partial charge in [-0.1, -0.05) is 6.07 Å². The highest BCUT2D eigenvalue weighted by Crippen LogP contribution is 2.34. The molecule has 4 rings (SSSR count). The van der Waals surface area contributed by atoms with E-state index < -0.39 is 0 Å². The van der Waals surface area contributed by atoms with Crippen LogP contribution in [0, 0.1) is 0 Å². The number of benzene rings is 1. The summed E-state index contributed by atoms with van der Waals surface area (Å²) in [5, 5.41) is 16.8. The molecule has 3 heterocycles. The van der Waals surface area contributed by atoms with E-state index in [-0.39, 0.29) is 0 Å². The number of rotatable bonds is 6. The topological polar surface area (TPSA) is 89.9 Å². The smallest absolute Gasteiger partial charge is 0.159 e. The van der Waals surface area contributed by atoms with Gasteiger partial charge < -0.3 is 14.8 Å². The number of ether oxygens (including phenoxy) is 2. The van der Waals surface area contributed by atoms with Crippen molar-refractivity contribution in [1.82, 2.24) is 25.0 Å². The lowest BCUT2D eigenvalue weighted by Crippen LogP contribution is -2.04. The van der Waals surface area contributed by atoms with Crippen molar-refractivity contribution in [1.29, 1.82) is 0 Å². The summed E-state index contributed by atoms with van der Waals surface area (Å²) in [4.78, 5) is 4.72. The molecule has 0 fully saturated rings. The maximum atomic E-state index is 5.48. The Bertz CT molecular complexity index is 1020. The zero-order valence-corrected chi connectivity index (χ0v) is 14.0. The van der Waals surface area contributed by atoms with Gasteiger partial charge in [0.1, 0.15) is 11.3 Å². The molecule has 4 aromatic rings. The molecule has 0 saturated carbocycles. The fourth-order valence-corrected chi connectivity index (χ4v) is 2.85. The van der Waals surface area contributed by atoms with E-state index in [0.29, 0.717) is 19.0 Å². The molecule has 1 aromatic carbocycles. The van der Waals surface area contributed by atoms with Gasteiger partial charge in [-0.3, -0.25) is 9.78 Å². The molecular formula is C17H18N6O2. The first-order valence-corrected chi connectivity index (χ1v) is 7.89. The second-order valence-corrected chi connectivity index (χ2v) is 5.57. The number of hydrogen-bond donors (Lipinski definition) is 2. The molecule has 0 atom stereocenters. The van der Waals surface area contributed by atoms with Crippen LogP contribution in [-0.2, 0) is 11.3 Å². The van der Waals surface area contributed by atoms with Gasteiger partial charge in [0.15, 0.2) is 5.82 Å². The fraction of sp³-hybridized carbons (Fsp3) is 0.235. The van der Waals surface area contributed by atoms with Crippen LogP contribution in [0.4, 0.5) is 11.5 Å². The predicted molar refractivity (Wildman–Crippen MR) is 95.3 cm³/mol. The van der Waals surface area contributed by atoms with Gasteiger partial charge in [0, 0.05) is 24.9 Å². The largest absolute Gasteiger partial charge is 0.496 e. The Balaban J connectivity index is 1.76. The molecule has 0 spiro atoms. The zero-order valence-electron chi connectivity index (χ0n) is 14.0. The van der Waals surface area contributed by atoms with Crippen LogP contribution in [0.2, 0.25) is 0 Å². The summed E-state index contributed by atoms with van der Waals surface area (Å²) >= 11 is 0. The van der Waals surface area contributed by atoms with Crippen LogP contribution >= 0.6 is 0 Å². The summed E-state index contributed by atoms with van der Waals surface area (Å²) in [6.45, 7) is 1.30. The molecule has 0 aliphatic carbocycles. The Morgan fingerprint density at radius 3 is 3.04 bits per heavy atom. The Morgan fingerprint density at radius 1 is 1.28 bits per heavy atom. The molecule has 8 nitrogen and oxygen atoms in total. The van der Waals surface area contributed by atoms with E-state index in [0.717, 1.165) is 33.2 Å². The molecule has 8 heteroatoms. The summed E-state index contributed by atoms with van der Waals surface area (Å²) in [6.07, 6.45) is 5.52. The van der Waals surface area contributed by atoms with Gasteiger partial charge in [-0.05, 0) is 12.1 Å². The lowest BCUT2D eigenvalue weighted by atomic mass is 10.1. The average Bonchev–Trinajstić information content (AvgIpc) is 3.29. The van der Waals surface area contributed by atoms with Crippen molar-refractivity contribution in [2.75, 3.05) is 26.1 Å². The number of anilines is 2. The lowest BCUT2D eigenvalue weighted by molar-refractivity contribution is 0.183. The standard InChI is InChI=1S/C17H18N6O2/c1-24-7-6-23-10-11(8-19-23)20-17-16-12(9-18-22-16)15-13(21-17)4-3-5-14(15)25-2/h3-5,8-10H,6-7H2,1-2H3,(H,18,22)(H,20,21). The first kappa shape index (κ1) is 15.4. The van der Waals surface area contributed by atoms with Crippen LogP contribution in [-0.4, -0.2) is 45.8 Å². The first-order valence-electron chi connectivity index (χ1n) is 7.89. The Morgan fingerprint density at radius 2 is 2.20 bits per heavy atom. The second kappa shape index (κ2) is 6.40. The quantitative estimate of drug-likeness (QED) is 0.562. The van der Waals surface area contributed by atoms with Gasteiger partial charge in [-0.15, -0.1) is 0 Å². The van der Waals surface area contributed by atoms with Crippen molar-refractivity contribution >= 4 is 33.3 Å². The van der Waals surface area contributed by atoms with Crippen LogP contribution in [0.1, 0.15) is 0 Å². The van der Waals surface area contributed by atoms with Crippen LogP contribution in [0.25, 0.3) is 21.8 Å². The molecule has 0 saturated heterocycles. The van der Waals surface area contributed by atoms with Crippen LogP contribution < -0.4 is 10.1 Å². The van der Waals surface area contributed by atoms with Gasteiger partial charge in [-0.2, -0.15) is 10.2 Å². The van der Waals surface area contributed by atoms with Crippen molar-refractivity contribution in [2.24, 2.45) is 0 Å². The number of pyridine rings is 1. The molecule has 25 heavy (non-hydrogen) atoms. The van der Waals surface area contributed by atoms with Crippen molar-refractivity contribution in [2.45, 2.75) is 6.54 Å². The maximum absolute atomic E-state index is 5.48. The third-order valence-corrected chi connectivity index (χ3v) is 4.01. The average molecular weight is 338 g/mol. The second-order valence-electron chi connectivity index (χ2n) is 5.57. The molecule has 0 aliphatic heterocycles. The van der Waals surface area contributed by atoms with Gasteiger partial charge in [-0.25, -0.2) is 4.98 Å². The van der Waals surface area contributed by atoms with Crippen molar-refractivity contribution in [3.8, 4) is 5.75 Å². The van der Waals surface area contributed by atoms with E-state index in [9.17, 15) is 0 Å². The Hall–Kier alpha value is -3.13. The van der Waals surface area contributed by atoms with E-state index in [1.807, 2.05) is 35.3 Å². The number of fused-ring (bicyclic) bond motifs is 3. The number of H-pyrrole nitrogens is 1. The number of nitrogens with one attached hydrogen (secondary N) is 2. The molecular weight excluding hydrogens is 320 g/mol. The van der Waals surface area contributed by atoms with Crippen LogP contribution in [0.5, 0.6) is 5.75 Å². The van der Waals surface area contributed by atoms with Crippen molar-refractivity contribution < 1.29 is 9.47 Å². The van der Waals surface area contributed by atoms with Crippen molar-refractivity contribution in [3.05, 3.63) is 36.8 Å². The SMILES string of the molecule is COCCn1cc(Nc2nc3cccc(OC)c3c3c[nH]nc23)cn1. The summed E-state index contributed by atoms with van der Waals surface area (Å²) < 4.78 is 12.4. The minimum Gasteiger partial charge on any atom is -0.496 e. The van der Waals surface area contributed by atoms with E-state index in [2.05, 4.69) is 20.6 Å². The zero-order chi connectivity index (χ0) is 17.2. The molecule has 0 bridgehead atoms. The number of methoxy groups -OCH3 is 2. The molecule has 0 amide bonds. The molecule has 2 N–H and O–H groups in total. The summed E-state index contributed by atoms with van der Waals surface area (Å²) in [5.74, 6) is 1.44. The number of hydrogen-bond acceptors (Lipinski definition) is 6. The summed E-state index contributed by atoms with van der Waals surface area (Å²) in [7, 11) is 3.32. The van der Waals surface area contributed by atoms with Gasteiger partial charge in [0.05, 0.1) is 43.0 Å². The molecule has 0 aliphatic rings. The monoisotopic (exact) mass is 338 g/mol. The third kappa shape index (κ3) is 2.76. The van der Waals surface area contributed by atoms with Crippen LogP contribution in [0.15, 0.2) is 36.8 Å². The van der Waals surface area contributed by atoms with Gasteiger partial charge >= 0.3 is 0 Å². The predicted octanol–water partition coefficient (Wildman–Crippen LogP) is 2.71. The Kier molecular flexibility index (Phi) is 3.95. The van der Waals surface area contributed by atoms with Gasteiger partial charge in [0.2, 0.25) is 0 Å². The number of nitrogens with zero attached hydrogens (tertiary/aromatic N) is 4. The third-order valence-electron chi connectivity index (χ3n) is 4.01. The van der Waals surface area contributed by atoms with E-state index in [1.165, 1.54) is 0 Å². The fourth-order valence-electron chi connectivity index (χ4n) is 2.85. The first-order chi connectivity index (χ1) is 12.3. The minimum atomic E-state index is 0.610. The molecule has 128 valence electrons. The Labute approximate surface area is 143 Å². The van der Waals surface area contributed by atoms with Crippen LogP contribution in [0.3, 0.4) is 0 Å². The maximum Gasteiger partial charge on any atom is 0.159 e. The summed E-state index contributed by atoms with van der Waals surface area (Å²) in [5.41, 5.74) is 2.43. The molecule has 0 radical (unpaired) electrons. The van der Waals surface area contributed by atoms with E-state index >= 15 is 0 Å². The highest BCUT2D eigenvalue weighted by molar-refractivity contribution is 6.11. The lowest BCUT2D eigenvalue weighted by Gasteiger charge is -2.09. The number of aromatic nitrogens is 5. The van der Waals surface area contributed by atoms with Gasteiger partial charge in [0.25, 0.3) is 0 Å². The van der Waals surface area contributed by atoms with Crippen molar-refractivity contribution in [3.63, 3.8) is 0 Å². The molecule has 3 aromatic heterocycles. The highest BCUT2D eigenvalue weighted by atomic mass is 16.5. The normalized spacial score (nSPS) is 11.3.